The van der Waals surface area contributed by atoms with Crippen molar-refractivity contribution < 1.29 is 19.4 Å². The summed E-state index contributed by atoms with van der Waals surface area (Å²) in [6, 6.07) is 8.07. The number of amides is 1. The summed E-state index contributed by atoms with van der Waals surface area (Å²) >= 11 is 8.44. The molecule has 2 saturated heterocycles. The molecule has 4 N–H and O–H groups in total. The Hall–Kier alpha value is -2.06. The zero-order valence-electron chi connectivity index (χ0n) is 16.0. The van der Waals surface area contributed by atoms with Gasteiger partial charge in [0.2, 0.25) is 11.2 Å². The van der Waals surface area contributed by atoms with Crippen molar-refractivity contribution in [1.29, 1.82) is 0 Å². The predicted molar refractivity (Wildman–Crippen MR) is 119 cm³/mol. The predicted octanol–water partition coefficient (Wildman–Crippen LogP) is 1.60. The minimum Gasteiger partial charge on any atom is -0.387 e. The van der Waals surface area contributed by atoms with Gasteiger partial charge in [-0.3, -0.25) is 9.36 Å². The smallest absolute Gasteiger partial charge is 0.226 e. The van der Waals surface area contributed by atoms with Crippen LogP contribution in [0.3, 0.4) is 0 Å². The number of anilines is 1. The van der Waals surface area contributed by atoms with Crippen LogP contribution in [0.2, 0.25) is 5.28 Å². The molecule has 1 aromatic carbocycles. The van der Waals surface area contributed by atoms with Gasteiger partial charge in [0.15, 0.2) is 23.2 Å². The number of carbonyl (C=O) groups is 1. The minimum absolute atomic E-state index is 0.0378. The molecule has 12 heteroatoms. The van der Waals surface area contributed by atoms with E-state index in [9.17, 15) is 9.90 Å². The lowest BCUT2D eigenvalue weighted by molar-refractivity contribution is -0.177. The minimum atomic E-state index is -1.18. The van der Waals surface area contributed by atoms with Crippen molar-refractivity contribution in [2.24, 2.45) is 5.73 Å². The van der Waals surface area contributed by atoms with Gasteiger partial charge in [0.1, 0.15) is 17.8 Å². The Labute approximate surface area is 195 Å². The van der Waals surface area contributed by atoms with Gasteiger partial charge >= 0.3 is 0 Å². The van der Waals surface area contributed by atoms with Gasteiger partial charge in [-0.1, -0.05) is 12.1 Å². The Balaban J connectivity index is 1.46. The molecule has 2 fully saturated rings. The molecule has 0 radical (unpaired) electrons. The first-order chi connectivity index (χ1) is 14.9. The third-order valence-corrected chi connectivity index (χ3v) is 6.34. The number of benzene rings is 1. The summed E-state index contributed by atoms with van der Waals surface area (Å²) in [5.41, 5.74) is 6.17. The van der Waals surface area contributed by atoms with Crippen LogP contribution in [0.1, 0.15) is 18.2 Å². The van der Waals surface area contributed by atoms with E-state index in [-0.39, 0.29) is 18.3 Å². The standard InChI is InChI=1S/C19H18ClIN6O4/c20-18-25-15(23-6-9-2-1-3-10(21)4-9)12-16(26-18)27(8-24-12)17-13-14(29)19(31-17,7-30-13)5-11(22)28/h1-4,8,13-14,17,29H,5-7H2,(H2,22,28)(H,23,25,26)/t13-,14+,17-,19-/m1/s1. The lowest BCUT2D eigenvalue weighted by Gasteiger charge is -2.30. The van der Waals surface area contributed by atoms with Crippen LogP contribution in [0, 0.1) is 3.57 Å². The molecule has 1 amide bonds. The lowest BCUT2D eigenvalue weighted by atomic mass is 9.95. The van der Waals surface area contributed by atoms with E-state index in [1.807, 2.05) is 18.2 Å². The summed E-state index contributed by atoms with van der Waals surface area (Å²) in [5.74, 6) is -0.101. The summed E-state index contributed by atoms with van der Waals surface area (Å²) in [7, 11) is 0. The number of aliphatic hydroxyl groups is 1. The number of fused-ring (bicyclic) bond motifs is 3. The Bertz CT molecular complexity index is 1180. The fraction of sp³-hybridized carbons (Fsp3) is 0.368. The van der Waals surface area contributed by atoms with Gasteiger partial charge in [0.05, 0.1) is 19.4 Å². The van der Waals surface area contributed by atoms with Gasteiger partial charge in [-0.15, -0.1) is 0 Å². The first kappa shape index (κ1) is 20.8. The molecule has 2 bridgehead atoms. The van der Waals surface area contributed by atoms with E-state index in [0.29, 0.717) is 23.5 Å². The van der Waals surface area contributed by atoms with E-state index in [1.165, 1.54) is 6.33 Å². The van der Waals surface area contributed by atoms with Crippen LogP contribution in [0.4, 0.5) is 5.82 Å². The number of primary amides is 1. The molecule has 0 spiro atoms. The van der Waals surface area contributed by atoms with Crippen molar-refractivity contribution >= 4 is 57.1 Å². The van der Waals surface area contributed by atoms with Crippen LogP contribution in [0.5, 0.6) is 0 Å². The van der Waals surface area contributed by atoms with Crippen molar-refractivity contribution in [2.45, 2.75) is 37.0 Å². The van der Waals surface area contributed by atoms with Crippen molar-refractivity contribution in [3.8, 4) is 0 Å². The highest BCUT2D eigenvalue weighted by Gasteiger charge is 2.62. The average Bonchev–Trinajstić information content (AvgIpc) is 3.34. The normalized spacial score (nSPS) is 27.1. The van der Waals surface area contributed by atoms with Crippen molar-refractivity contribution in [1.82, 2.24) is 19.5 Å². The molecule has 4 atom stereocenters. The third kappa shape index (κ3) is 3.63. The Kier molecular flexibility index (Phi) is 5.25. The van der Waals surface area contributed by atoms with E-state index in [1.54, 1.807) is 4.57 Å². The largest absolute Gasteiger partial charge is 0.387 e. The van der Waals surface area contributed by atoms with Gasteiger partial charge < -0.3 is 25.6 Å². The lowest BCUT2D eigenvalue weighted by Crippen LogP contribution is -2.44. The number of nitrogens with two attached hydrogens (primary N) is 1. The van der Waals surface area contributed by atoms with Gasteiger partial charge in [0.25, 0.3) is 0 Å². The number of hydrogen-bond donors (Lipinski definition) is 3. The van der Waals surface area contributed by atoms with Gasteiger partial charge in [-0.05, 0) is 51.9 Å². The Morgan fingerprint density at radius 1 is 1.45 bits per heavy atom. The van der Waals surface area contributed by atoms with Crippen molar-refractivity contribution in [3.05, 3.63) is 45.0 Å². The molecule has 2 aliphatic rings. The fourth-order valence-electron chi connectivity index (χ4n) is 4.10. The number of aliphatic hydroxyl groups excluding tert-OH is 1. The maximum Gasteiger partial charge on any atom is 0.226 e. The second kappa shape index (κ2) is 7.81. The molecule has 31 heavy (non-hydrogen) atoms. The van der Waals surface area contributed by atoms with Crippen molar-refractivity contribution in [3.63, 3.8) is 0 Å². The molecule has 2 aliphatic heterocycles. The maximum atomic E-state index is 11.5. The average molecular weight is 557 g/mol. The van der Waals surface area contributed by atoms with Gasteiger partial charge in [0, 0.05) is 10.1 Å². The highest BCUT2D eigenvalue weighted by Crippen LogP contribution is 2.47. The van der Waals surface area contributed by atoms with Gasteiger partial charge in [-0.25, -0.2) is 4.98 Å². The summed E-state index contributed by atoms with van der Waals surface area (Å²) in [5, 5.41) is 13.9. The van der Waals surface area contributed by atoms with Crippen LogP contribution in [0.25, 0.3) is 11.2 Å². The van der Waals surface area contributed by atoms with Crippen LogP contribution in [0.15, 0.2) is 30.6 Å². The number of carbonyl (C=O) groups excluding carboxylic acids is 1. The molecular formula is C19H18ClIN6O4. The van der Waals surface area contributed by atoms with E-state index < -0.39 is 29.9 Å². The molecule has 2 aromatic heterocycles. The van der Waals surface area contributed by atoms with E-state index in [2.05, 4.69) is 48.9 Å². The molecule has 0 saturated carbocycles. The second-order valence-corrected chi connectivity index (χ2v) is 9.17. The number of nitrogens with one attached hydrogen (secondary N) is 1. The Morgan fingerprint density at radius 3 is 3.06 bits per heavy atom. The van der Waals surface area contributed by atoms with Crippen LogP contribution >= 0.6 is 34.2 Å². The molecular weight excluding hydrogens is 539 g/mol. The van der Waals surface area contributed by atoms with E-state index in [0.717, 1.165) is 9.13 Å². The number of halogens is 2. The highest BCUT2D eigenvalue weighted by atomic mass is 127. The number of aromatic nitrogens is 4. The monoisotopic (exact) mass is 556 g/mol. The quantitative estimate of drug-likeness (QED) is 0.308. The fourth-order valence-corrected chi connectivity index (χ4v) is 4.87. The Morgan fingerprint density at radius 2 is 2.29 bits per heavy atom. The second-order valence-electron chi connectivity index (χ2n) is 7.59. The summed E-state index contributed by atoms with van der Waals surface area (Å²) in [6.45, 7) is 0.613. The molecule has 5 rings (SSSR count). The number of nitrogens with zero attached hydrogens (tertiary/aromatic N) is 4. The zero-order valence-corrected chi connectivity index (χ0v) is 18.9. The van der Waals surface area contributed by atoms with Crippen LogP contribution in [-0.4, -0.2) is 54.9 Å². The first-order valence-electron chi connectivity index (χ1n) is 9.50. The SMILES string of the molecule is NC(=O)C[C@]12CO[C@@H]([C@H](n3cnc4c(NCc5cccc(I)c5)nc(Cl)nc43)O1)[C@@H]2O. The molecule has 4 heterocycles. The zero-order chi connectivity index (χ0) is 21.8. The summed E-state index contributed by atoms with van der Waals surface area (Å²) in [6.07, 6.45) is -1.04. The number of imidazole rings is 1. The molecule has 3 aromatic rings. The highest BCUT2D eigenvalue weighted by molar-refractivity contribution is 14.1. The maximum absolute atomic E-state index is 11.5. The van der Waals surface area contributed by atoms with Gasteiger partial charge in [-0.2, -0.15) is 9.97 Å². The number of rotatable bonds is 6. The first-order valence-corrected chi connectivity index (χ1v) is 11.0. The van der Waals surface area contributed by atoms with E-state index >= 15 is 0 Å². The number of ether oxygens (including phenoxy) is 2. The number of hydrogen-bond acceptors (Lipinski definition) is 8. The molecule has 0 unspecified atom stereocenters. The van der Waals surface area contributed by atoms with Crippen molar-refractivity contribution in [2.75, 3.05) is 11.9 Å². The summed E-state index contributed by atoms with van der Waals surface area (Å²) < 4.78 is 14.5. The summed E-state index contributed by atoms with van der Waals surface area (Å²) in [4.78, 5) is 24.5. The molecule has 0 aliphatic carbocycles. The van der Waals surface area contributed by atoms with E-state index in [4.69, 9.17) is 26.8 Å². The molecule has 162 valence electrons. The third-order valence-electron chi connectivity index (χ3n) is 5.50. The topological polar surface area (TPSA) is 137 Å². The molecule has 10 nitrogen and oxygen atoms in total. The van der Waals surface area contributed by atoms with Crippen LogP contribution < -0.4 is 11.1 Å². The van der Waals surface area contributed by atoms with Crippen LogP contribution in [-0.2, 0) is 20.8 Å².